The average Bonchev–Trinajstić information content (AvgIpc) is 2.40. The van der Waals surface area contributed by atoms with E-state index in [1.165, 1.54) is 24.4 Å². The van der Waals surface area contributed by atoms with Gasteiger partial charge in [-0.25, -0.2) is 9.37 Å². The van der Waals surface area contributed by atoms with Gasteiger partial charge in [-0.15, -0.1) is 0 Å². The molecule has 0 bridgehead atoms. The second-order valence-corrected chi connectivity index (χ2v) is 4.97. The van der Waals surface area contributed by atoms with Crippen LogP contribution in [0.1, 0.15) is 19.5 Å². The van der Waals surface area contributed by atoms with Crippen molar-refractivity contribution in [2.75, 3.05) is 0 Å². The zero-order valence-electron chi connectivity index (χ0n) is 11.2. The summed E-state index contributed by atoms with van der Waals surface area (Å²) in [5.41, 5.74) is 0.759. The van der Waals surface area contributed by atoms with Crippen LogP contribution < -0.4 is 10.1 Å². The number of rotatable bonds is 5. The third-order valence-electron chi connectivity index (χ3n) is 2.46. The van der Waals surface area contributed by atoms with Crippen molar-refractivity contribution in [3.8, 4) is 11.6 Å². The number of aromatic nitrogens is 2. The maximum absolute atomic E-state index is 13.0. The van der Waals surface area contributed by atoms with E-state index in [0.29, 0.717) is 24.2 Å². The molecule has 0 amide bonds. The first-order valence-electron chi connectivity index (χ1n) is 6.22. The molecule has 1 aromatic carbocycles. The molecule has 106 valence electrons. The van der Waals surface area contributed by atoms with Crippen LogP contribution in [0.15, 0.2) is 30.6 Å². The Morgan fingerprint density at radius 2 is 2.15 bits per heavy atom. The summed E-state index contributed by atoms with van der Waals surface area (Å²) in [4.78, 5) is 8.37. The van der Waals surface area contributed by atoms with Gasteiger partial charge < -0.3 is 10.1 Å². The van der Waals surface area contributed by atoms with Crippen LogP contribution in [0.4, 0.5) is 4.39 Å². The largest absolute Gasteiger partial charge is 0.436 e. The first-order chi connectivity index (χ1) is 9.54. The highest BCUT2D eigenvalue weighted by Crippen LogP contribution is 2.28. The first-order valence-corrected chi connectivity index (χ1v) is 6.59. The molecule has 0 atom stereocenters. The number of halogens is 2. The molecule has 20 heavy (non-hydrogen) atoms. The van der Waals surface area contributed by atoms with Crippen molar-refractivity contribution in [1.82, 2.24) is 15.3 Å². The van der Waals surface area contributed by atoms with Crippen molar-refractivity contribution in [1.29, 1.82) is 0 Å². The molecule has 0 aliphatic heterocycles. The fourth-order valence-electron chi connectivity index (χ4n) is 1.50. The Bertz CT molecular complexity index is 592. The van der Waals surface area contributed by atoms with Crippen molar-refractivity contribution >= 4 is 11.6 Å². The molecule has 0 aliphatic carbocycles. The predicted molar refractivity (Wildman–Crippen MR) is 75.5 cm³/mol. The molecule has 6 heteroatoms. The van der Waals surface area contributed by atoms with Crippen molar-refractivity contribution in [2.24, 2.45) is 0 Å². The Morgan fingerprint density at radius 1 is 1.35 bits per heavy atom. The Morgan fingerprint density at radius 3 is 2.85 bits per heavy atom. The molecular formula is C14H15ClFN3O. The highest BCUT2D eigenvalue weighted by Gasteiger charge is 2.07. The van der Waals surface area contributed by atoms with Crippen molar-refractivity contribution in [3.63, 3.8) is 0 Å². The van der Waals surface area contributed by atoms with E-state index >= 15 is 0 Å². The third kappa shape index (κ3) is 4.15. The van der Waals surface area contributed by atoms with Crippen LogP contribution in [0.2, 0.25) is 5.02 Å². The number of benzene rings is 1. The summed E-state index contributed by atoms with van der Waals surface area (Å²) in [6, 6.07) is 4.28. The second kappa shape index (κ2) is 6.63. The number of ether oxygens (including phenoxy) is 1. The van der Waals surface area contributed by atoms with Gasteiger partial charge in [-0.05, 0) is 18.2 Å². The smallest absolute Gasteiger partial charge is 0.238 e. The van der Waals surface area contributed by atoms with Crippen LogP contribution in [0.5, 0.6) is 11.6 Å². The molecule has 0 spiro atoms. The highest BCUT2D eigenvalue weighted by molar-refractivity contribution is 6.32. The average molecular weight is 296 g/mol. The van der Waals surface area contributed by atoms with E-state index in [1.54, 1.807) is 6.20 Å². The SMILES string of the molecule is CC(C)NCc1cncc(Oc2ccc(F)cc2Cl)n1. The monoisotopic (exact) mass is 295 g/mol. The lowest BCUT2D eigenvalue weighted by Gasteiger charge is -2.09. The van der Waals surface area contributed by atoms with Crippen LogP contribution in [-0.4, -0.2) is 16.0 Å². The molecule has 2 aromatic rings. The van der Waals surface area contributed by atoms with Crippen molar-refractivity contribution in [3.05, 3.63) is 47.1 Å². The van der Waals surface area contributed by atoms with E-state index in [1.807, 2.05) is 13.8 Å². The fraction of sp³-hybridized carbons (Fsp3) is 0.286. The fourth-order valence-corrected chi connectivity index (χ4v) is 1.71. The number of hydrogen-bond acceptors (Lipinski definition) is 4. The lowest BCUT2D eigenvalue weighted by molar-refractivity contribution is 0.453. The summed E-state index contributed by atoms with van der Waals surface area (Å²) in [7, 11) is 0. The number of nitrogens with one attached hydrogen (secondary N) is 1. The minimum absolute atomic E-state index is 0.192. The maximum Gasteiger partial charge on any atom is 0.238 e. The number of hydrogen-bond donors (Lipinski definition) is 1. The van der Waals surface area contributed by atoms with Gasteiger partial charge in [0, 0.05) is 18.8 Å². The van der Waals surface area contributed by atoms with E-state index in [0.717, 1.165) is 5.69 Å². The molecule has 0 aliphatic rings. The summed E-state index contributed by atoms with van der Waals surface area (Å²) >= 11 is 5.90. The molecule has 0 fully saturated rings. The third-order valence-corrected chi connectivity index (χ3v) is 2.76. The van der Waals surface area contributed by atoms with Crippen LogP contribution in [0.3, 0.4) is 0 Å². The molecule has 1 heterocycles. The zero-order valence-corrected chi connectivity index (χ0v) is 12.0. The zero-order chi connectivity index (χ0) is 14.5. The summed E-state index contributed by atoms with van der Waals surface area (Å²) in [6.07, 6.45) is 3.15. The minimum atomic E-state index is -0.414. The van der Waals surface area contributed by atoms with Gasteiger partial charge in [0.2, 0.25) is 5.88 Å². The van der Waals surface area contributed by atoms with Crippen LogP contribution in [0, 0.1) is 5.82 Å². The van der Waals surface area contributed by atoms with Gasteiger partial charge in [0.15, 0.2) is 0 Å². The van der Waals surface area contributed by atoms with Gasteiger partial charge in [0.1, 0.15) is 11.6 Å². The van der Waals surface area contributed by atoms with Gasteiger partial charge in [-0.2, -0.15) is 0 Å². The maximum atomic E-state index is 13.0. The molecule has 1 aromatic heterocycles. The summed E-state index contributed by atoms with van der Waals surface area (Å²) in [6.45, 7) is 4.69. The molecule has 2 rings (SSSR count). The van der Waals surface area contributed by atoms with Gasteiger partial charge in [-0.3, -0.25) is 4.98 Å². The van der Waals surface area contributed by atoms with Crippen molar-refractivity contribution < 1.29 is 9.13 Å². The van der Waals surface area contributed by atoms with Gasteiger partial charge in [0.25, 0.3) is 0 Å². The summed E-state index contributed by atoms with van der Waals surface area (Å²) in [5, 5.41) is 3.43. The molecular weight excluding hydrogens is 281 g/mol. The summed E-state index contributed by atoms with van der Waals surface area (Å²) < 4.78 is 18.5. The molecule has 4 nitrogen and oxygen atoms in total. The Balaban J connectivity index is 2.11. The van der Waals surface area contributed by atoms with E-state index in [2.05, 4.69) is 15.3 Å². The Hall–Kier alpha value is -1.72. The quantitative estimate of drug-likeness (QED) is 0.916. The standard InChI is InChI=1S/C14H15ClFN3O/c1-9(2)18-7-11-6-17-8-14(19-11)20-13-4-3-10(16)5-12(13)15/h3-6,8-9,18H,7H2,1-2H3. The van der Waals surface area contributed by atoms with Gasteiger partial charge in [0.05, 0.1) is 16.9 Å². The van der Waals surface area contributed by atoms with Gasteiger partial charge in [-0.1, -0.05) is 25.4 Å². The van der Waals surface area contributed by atoms with Crippen LogP contribution in [0.25, 0.3) is 0 Å². The van der Waals surface area contributed by atoms with Gasteiger partial charge >= 0.3 is 0 Å². The highest BCUT2D eigenvalue weighted by atomic mass is 35.5. The molecule has 0 saturated heterocycles. The Labute approximate surface area is 122 Å². The number of nitrogens with zero attached hydrogens (tertiary/aromatic N) is 2. The minimum Gasteiger partial charge on any atom is -0.436 e. The Kier molecular flexibility index (Phi) is 4.87. The van der Waals surface area contributed by atoms with Crippen molar-refractivity contribution in [2.45, 2.75) is 26.4 Å². The summed E-state index contributed by atoms with van der Waals surface area (Å²) in [5.74, 6) is 0.251. The van der Waals surface area contributed by atoms with E-state index in [9.17, 15) is 4.39 Å². The molecule has 0 radical (unpaired) electrons. The molecule has 0 unspecified atom stereocenters. The topological polar surface area (TPSA) is 47.0 Å². The normalized spacial score (nSPS) is 10.8. The first kappa shape index (κ1) is 14.7. The predicted octanol–water partition coefficient (Wildman–Crippen LogP) is 3.56. The second-order valence-electron chi connectivity index (χ2n) is 4.56. The van der Waals surface area contributed by atoms with E-state index < -0.39 is 5.82 Å². The lowest BCUT2D eigenvalue weighted by Crippen LogP contribution is -2.22. The molecule has 0 saturated carbocycles. The van der Waals surface area contributed by atoms with Crippen LogP contribution >= 0.6 is 11.6 Å². The van der Waals surface area contributed by atoms with E-state index in [-0.39, 0.29) is 5.02 Å². The van der Waals surface area contributed by atoms with Crippen LogP contribution in [-0.2, 0) is 6.54 Å². The lowest BCUT2D eigenvalue weighted by atomic mass is 10.3. The van der Waals surface area contributed by atoms with E-state index in [4.69, 9.17) is 16.3 Å². The molecule has 1 N–H and O–H groups in total.